The van der Waals surface area contributed by atoms with E-state index in [1.165, 1.54) is 6.21 Å². The third-order valence-electron chi connectivity index (χ3n) is 2.86. The molecule has 0 aromatic heterocycles. The second kappa shape index (κ2) is 9.36. The van der Waals surface area contributed by atoms with E-state index < -0.39 is 6.03 Å². The van der Waals surface area contributed by atoms with Crippen LogP contribution in [-0.4, -0.2) is 37.3 Å². The third-order valence-corrected chi connectivity index (χ3v) is 2.86. The highest BCUT2D eigenvalue weighted by atomic mass is 16.5. The predicted octanol–water partition coefficient (Wildman–Crippen LogP) is 1.87. The fourth-order valence-corrected chi connectivity index (χ4v) is 1.98. The quantitative estimate of drug-likeness (QED) is 0.415. The number of methoxy groups -OCH3 is 1. The van der Waals surface area contributed by atoms with Crippen LogP contribution in [0, 0.1) is 0 Å². The molecule has 0 radical (unpaired) electrons. The van der Waals surface area contributed by atoms with E-state index in [0.29, 0.717) is 6.54 Å². The van der Waals surface area contributed by atoms with Crippen molar-refractivity contribution in [2.75, 3.05) is 20.2 Å². The standard InChI is InChI=1S/C16H22N4O2/c1-4-8-20(9-5-2)12-14-10-13(6-7-15(14)22-3)11-18-19-16(17)21/h4-7,10-11H,1-2,8-9,12H2,3H3,(H3,17,19,21). The highest BCUT2D eigenvalue weighted by molar-refractivity contribution is 5.82. The fraction of sp³-hybridized carbons (Fsp3) is 0.250. The molecule has 0 saturated carbocycles. The summed E-state index contributed by atoms with van der Waals surface area (Å²) in [6.07, 6.45) is 5.22. The van der Waals surface area contributed by atoms with E-state index in [4.69, 9.17) is 10.5 Å². The molecule has 6 heteroatoms. The van der Waals surface area contributed by atoms with Gasteiger partial charge in [-0.25, -0.2) is 10.2 Å². The number of amides is 2. The molecule has 0 heterocycles. The van der Waals surface area contributed by atoms with Gasteiger partial charge >= 0.3 is 6.03 Å². The van der Waals surface area contributed by atoms with Crippen molar-refractivity contribution in [3.05, 3.63) is 54.6 Å². The first kappa shape index (κ1) is 17.5. The Labute approximate surface area is 130 Å². The van der Waals surface area contributed by atoms with E-state index in [-0.39, 0.29) is 0 Å². The van der Waals surface area contributed by atoms with E-state index >= 15 is 0 Å². The van der Waals surface area contributed by atoms with Gasteiger partial charge < -0.3 is 10.5 Å². The predicted molar refractivity (Wildman–Crippen MR) is 89.0 cm³/mol. The zero-order valence-corrected chi connectivity index (χ0v) is 12.8. The largest absolute Gasteiger partial charge is 0.496 e. The SMILES string of the molecule is C=CCN(CC=C)Cc1cc(C=NNC(N)=O)ccc1OC. The molecule has 22 heavy (non-hydrogen) atoms. The molecule has 118 valence electrons. The number of carbonyl (C=O) groups is 1. The Kier molecular flexibility index (Phi) is 7.42. The second-order valence-electron chi connectivity index (χ2n) is 4.58. The van der Waals surface area contributed by atoms with Gasteiger partial charge in [0.15, 0.2) is 0 Å². The van der Waals surface area contributed by atoms with Crippen molar-refractivity contribution in [1.82, 2.24) is 10.3 Å². The Morgan fingerprint density at radius 2 is 2.09 bits per heavy atom. The smallest absolute Gasteiger partial charge is 0.332 e. The molecule has 2 amide bonds. The highest BCUT2D eigenvalue weighted by Gasteiger charge is 2.08. The number of hydrogen-bond acceptors (Lipinski definition) is 4. The van der Waals surface area contributed by atoms with Crippen LogP contribution in [0.5, 0.6) is 5.75 Å². The molecule has 3 N–H and O–H groups in total. The summed E-state index contributed by atoms with van der Waals surface area (Å²) in [5.74, 6) is 0.790. The van der Waals surface area contributed by atoms with Crippen molar-refractivity contribution >= 4 is 12.2 Å². The van der Waals surface area contributed by atoms with Crippen LogP contribution in [0.25, 0.3) is 0 Å². The normalized spacial score (nSPS) is 10.6. The van der Waals surface area contributed by atoms with Gasteiger partial charge in [-0.05, 0) is 23.8 Å². The zero-order chi connectivity index (χ0) is 16.4. The van der Waals surface area contributed by atoms with Crippen LogP contribution in [0.2, 0.25) is 0 Å². The molecule has 0 aliphatic rings. The summed E-state index contributed by atoms with van der Waals surface area (Å²) < 4.78 is 5.39. The van der Waals surface area contributed by atoms with Gasteiger partial charge in [-0.1, -0.05) is 12.2 Å². The summed E-state index contributed by atoms with van der Waals surface area (Å²) >= 11 is 0. The minimum absolute atomic E-state index is 0.687. The lowest BCUT2D eigenvalue weighted by molar-refractivity contribution is 0.249. The van der Waals surface area contributed by atoms with Gasteiger partial charge in [0.25, 0.3) is 0 Å². The van der Waals surface area contributed by atoms with E-state index in [1.54, 1.807) is 7.11 Å². The maximum atomic E-state index is 10.6. The van der Waals surface area contributed by atoms with Crippen LogP contribution in [0.15, 0.2) is 48.6 Å². The van der Waals surface area contributed by atoms with E-state index in [2.05, 4.69) is 28.6 Å². The van der Waals surface area contributed by atoms with Crippen LogP contribution in [0.4, 0.5) is 4.79 Å². The van der Waals surface area contributed by atoms with Crippen molar-refractivity contribution in [3.8, 4) is 5.75 Å². The Balaban J connectivity index is 2.94. The summed E-state index contributed by atoms with van der Waals surface area (Å²) in [4.78, 5) is 12.8. The van der Waals surface area contributed by atoms with Gasteiger partial charge in [-0.2, -0.15) is 5.10 Å². The minimum Gasteiger partial charge on any atom is -0.496 e. The van der Waals surface area contributed by atoms with Crippen molar-refractivity contribution in [1.29, 1.82) is 0 Å². The molecule has 0 saturated heterocycles. The van der Waals surface area contributed by atoms with E-state index in [1.807, 2.05) is 30.4 Å². The van der Waals surface area contributed by atoms with Crippen molar-refractivity contribution in [2.24, 2.45) is 10.8 Å². The van der Waals surface area contributed by atoms with Gasteiger partial charge in [0, 0.05) is 25.2 Å². The Morgan fingerprint density at radius 3 is 2.64 bits per heavy atom. The first-order valence-electron chi connectivity index (χ1n) is 6.80. The number of carbonyl (C=O) groups excluding carboxylic acids is 1. The topological polar surface area (TPSA) is 80.0 Å². The van der Waals surface area contributed by atoms with Crippen LogP contribution >= 0.6 is 0 Å². The molecule has 0 spiro atoms. The van der Waals surface area contributed by atoms with Crippen molar-refractivity contribution in [3.63, 3.8) is 0 Å². The van der Waals surface area contributed by atoms with Crippen LogP contribution in [0.1, 0.15) is 11.1 Å². The van der Waals surface area contributed by atoms with Crippen LogP contribution in [-0.2, 0) is 6.54 Å². The number of primary amides is 1. The fourth-order valence-electron chi connectivity index (χ4n) is 1.98. The van der Waals surface area contributed by atoms with Gasteiger partial charge in [-0.3, -0.25) is 4.90 Å². The molecule has 0 unspecified atom stereocenters. The van der Waals surface area contributed by atoms with E-state index in [0.717, 1.165) is 30.0 Å². The lowest BCUT2D eigenvalue weighted by Crippen LogP contribution is -2.24. The number of ether oxygens (including phenoxy) is 1. The molecule has 0 fully saturated rings. The highest BCUT2D eigenvalue weighted by Crippen LogP contribution is 2.21. The summed E-state index contributed by atoms with van der Waals surface area (Å²) in [6.45, 7) is 9.70. The van der Waals surface area contributed by atoms with Crippen molar-refractivity contribution < 1.29 is 9.53 Å². The van der Waals surface area contributed by atoms with E-state index in [9.17, 15) is 4.79 Å². The minimum atomic E-state index is -0.701. The number of hydrazone groups is 1. The average molecular weight is 302 g/mol. The summed E-state index contributed by atoms with van der Waals surface area (Å²) in [5, 5.41) is 3.75. The number of nitrogens with zero attached hydrogens (tertiary/aromatic N) is 2. The summed E-state index contributed by atoms with van der Waals surface area (Å²) in [7, 11) is 1.63. The van der Waals surface area contributed by atoms with Crippen molar-refractivity contribution in [2.45, 2.75) is 6.54 Å². The number of hydrogen-bond donors (Lipinski definition) is 2. The molecular formula is C16H22N4O2. The first-order chi connectivity index (χ1) is 10.6. The number of benzene rings is 1. The zero-order valence-electron chi connectivity index (χ0n) is 12.8. The molecular weight excluding hydrogens is 280 g/mol. The first-order valence-corrected chi connectivity index (χ1v) is 6.80. The van der Waals surface area contributed by atoms with Gasteiger partial charge in [0.1, 0.15) is 5.75 Å². The molecule has 1 aromatic rings. The Bertz CT molecular complexity index is 545. The summed E-state index contributed by atoms with van der Waals surface area (Å²) in [6, 6.07) is 4.96. The number of rotatable bonds is 9. The molecule has 1 rings (SSSR count). The van der Waals surface area contributed by atoms with Crippen LogP contribution in [0.3, 0.4) is 0 Å². The number of nitrogens with one attached hydrogen (secondary N) is 1. The second-order valence-corrected chi connectivity index (χ2v) is 4.58. The van der Waals surface area contributed by atoms with Gasteiger partial charge in [0.05, 0.1) is 13.3 Å². The van der Waals surface area contributed by atoms with Gasteiger partial charge in [-0.15, -0.1) is 13.2 Å². The van der Waals surface area contributed by atoms with Crippen LogP contribution < -0.4 is 15.9 Å². The lowest BCUT2D eigenvalue weighted by atomic mass is 10.1. The average Bonchev–Trinajstić information content (AvgIpc) is 2.48. The Hall–Kier alpha value is -2.60. The molecule has 0 bridgehead atoms. The molecule has 0 aliphatic carbocycles. The third kappa shape index (κ3) is 5.80. The molecule has 0 aliphatic heterocycles. The molecule has 1 aromatic carbocycles. The number of nitrogens with two attached hydrogens (primary N) is 1. The lowest BCUT2D eigenvalue weighted by Gasteiger charge is -2.20. The summed E-state index contributed by atoms with van der Waals surface area (Å²) in [5.41, 5.74) is 8.96. The van der Waals surface area contributed by atoms with Gasteiger partial charge in [0.2, 0.25) is 0 Å². The number of urea groups is 1. The maximum Gasteiger partial charge on any atom is 0.332 e. The monoisotopic (exact) mass is 302 g/mol. The maximum absolute atomic E-state index is 10.6. The molecule has 0 atom stereocenters. The Morgan fingerprint density at radius 1 is 1.41 bits per heavy atom. The molecule has 6 nitrogen and oxygen atoms in total.